The second kappa shape index (κ2) is 6.27. The molecule has 1 aliphatic heterocycles. The Bertz CT molecular complexity index is 431. The molecule has 0 aromatic carbocycles. The van der Waals surface area contributed by atoms with E-state index in [1.54, 1.807) is 19.5 Å². The largest absolute Gasteiger partial charge is 0.385 e. The molecule has 0 bridgehead atoms. The van der Waals surface area contributed by atoms with Gasteiger partial charge in [0, 0.05) is 26.8 Å². The number of aromatic nitrogens is 2. The fourth-order valence-corrected chi connectivity index (χ4v) is 3.54. The number of methoxy groups -OCH3 is 1. The summed E-state index contributed by atoms with van der Waals surface area (Å²) in [6.07, 6.45) is 8.53. The number of rotatable bonds is 5. The topological polar surface area (TPSA) is 38.2 Å². The molecule has 0 N–H and O–H groups in total. The number of hydrogen-bond donors (Lipinski definition) is 0. The highest BCUT2D eigenvalue weighted by atomic mass is 35.5. The first kappa shape index (κ1) is 14.1. The molecule has 3 rings (SSSR count). The zero-order valence-corrected chi connectivity index (χ0v) is 12.7. The molecule has 1 saturated heterocycles. The fourth-order valence-electron chi connectivity index (χ4n) is 3.45. The Morgan fingerprint density at radius 1 is 1.30 bits per heavy atom. The summed E-state index contributed by atoms with van der Waals surface area (Å²) >= 11 is 5.83. The van der Waals surface area contributed by atoms with Crippen molar-refractivity contribution in [1.82, 2.24) is 9.97 Å². The van der Waals surface area contributed by atoms with Crippen molar-refractivity contribution < 1.29 is 4.74 Å². The van der Waals surface area contributed by atoms with Gasteiger partial charge in [-0.3, -0.25) is 0 Å². The summed E-state index contributed by atoms with van der Waals surface area (Å²) in [6, 6.07) is 0. The minimum absolute atomic E-state index is 0.600. The number of halogens is 1. The van der Waals surface area contributed by atoms with Gasteiger partial charge in [-0.2, -0.15) is 0 Å². The van der Waals surface area contributed by atoms with E-state index in [9.17, 15) is 0 Å². The molecule has 0 amide bonds. The molecule has 0 radical (unpaired) electrons. The average Bonchev–Trinajstić information content (AvgIpc) is 3.26. The number of ether oxygens (including phenoxy) is 1. The molecule has 4 nitrogen and oxygen atoms in total. The van der Waals surface area contributed by atoms with Crippen LogP contribution in [0.2, 0.25) is 5.02 Å². The maximum atomic E-state index is 5.83. The quantitative estimate of drug-likeness (QED) is 0.837. The summed E-state index contributed by atoms with van der Waals surface area (Å²) in [7, 11) is 1.79. The average molecular weight is 296 g/mol. The molecule has 1 saturated carbocycles. The lowest BCUT2D eigenvalue weighted by molar-refractivity contribution is 0.185. The minimum atomic E-state index is 0.600. The van der Waals surface area contributed by atoms with E-state index in [0.29, 0.717) is 5.02 Å². The van der Waals surface area contributed by atoms with Crippen LogP contribution < -0.4 is 4.90 Å². The monoisotopic (exact) mass is 295 g/mol. The number of nitrogens with zero attached hydrogens (tertiary/aromatic N) is 3. The Morgan fingerprint density at radius 2 is 2.00 bits per heavy atom. The van der Waals surface area contributed by atoms with Crippen LogP contribution in [0.4, 0.5) is 5.95 Å². The molecule has 110 valence electrons. The lowest BCUT2D eigenvalue weighted by Crippen LogP contribution is -2.35. The Hall–Kier alpha value is -0.870. The smallest absolute Gasteiger partial charge is 0.225 e. The highest BCUT2D eigenvalue weighted by Crippen LogP contribution is 2.49. The van der Waals surface area contributed by atoms with Crippen molar-refractivity contribution in [3.63, 3.8) is 0 Å². The summed E-state index contributed by atoms with van der Waals surface area (Å²) in [5.74, 6) is 3.57. The first-order valence-electron chi connectivity index (χ1n) is 7.49. The van der Waals surface area contributed by atoms with Gasteiger partial charge in [0.25, 0.3) is 0 Å². The Labute approximate surface area is 125 Å². The van der Waals surface area contributed by atoms with Crippen LogP contribution in [0.25, 0.3) is 0 Å². The summed E-state index contributed by atoms with van der Waals surface area (Å²) in [5, 5.41) is 0.600. The molecule has 1 aromatic rings. The Kier molecular flexibility index (Phi) is 4.41. The van der Waals surface area contributed by atoms with E-state index in [-0.39, 0.29) is 0 Å². The third-order valence-corrected chi connectivity index (χ3v) is 4.90. The summed E-state index contributed by atoms with van der Waals surface area (Å²) in [4.78, 5) is 10.9. The summed E-state index contributed by atoms with van der Waals surface area (Å²) in [5.41, 5.74) is 0. The van der Waals surface area contributed by atoms with Crippen LogP contribution in [-0.2, 0) is 4.74 Å². The fraction of sp³-hybridized carbons (Fsp3) is 0.733. The summed E-state index contributed by atoms with van der Waals surface area (Å²) in [6.45, 7) is 3.05. The molecule has 20 heavy (non-hydrogen) atoms. The van der Waals surface area contributed by atoms with Gasteiger partial charge >= 0.3 is 0 Å². The molecule has 5 heteroatoms. The molecule has 1 aliphatic carbocycles. The molecular formula is C15H22ClN3O. The van der Waals surface area contributed by atoms with Gasteiger partial charge in [-0.1, -0.05) is 11.6 Å². The standard InChI is InChI=1S/C15H22ClN3O/c1-20-7-4-12-8-14(12)11-2-5-19(6-3-11)15-17-9-13(16)10-18-15/h9-12,14H,2-8H2,1H3. The van der Waals surface area contributed by atoms with Crippen LogP contribution in [0, 0.1) is 17.8 Å². The van der Waals surface area contributed by atoms with Crippen molar-refractivity contribution in [1.29, 1.82) is 0 Å². The lowest BCUT2D eigenvalue weighted by atomic mass is 9.90. The minimum Gasteiger partial charge on any atom is -0.385 e. The van der Waals surface area contributed by atoms with Crippen molar-refractivity contribution in [3.8, 4) is 0 Å². The maximum absolute atomic E-state index is 5.83. The molecule has 2 atom stereocenters. The van der Waals surface area contributed by atoms with Crippen LogP contribution in [0.15, 0.2) is 12.4 Å². The molecule has 1 aromatic heterocycles. The van der Waals surface area contributed by atoms with Gasteiger partial charge in [0.2, 0.25) is 5.95 Å². The van der Waals surface area contributed by atoms with E-state index in [4.69, 9.17) is 16.3 Å². The van der Waals surface area contributed by atoms with Gasteiger partial charge in [-0.25, -0.2) is 9.97 Å². The zero-order valence-electron chi connectivity index (χ0n) is 12.0. The van der Waals surface area contributed by atoms with Gasteiger partial charge in [0.15, 0.2) is 0 Å². The van der Waals surface area contributed by atoms with E-state index in [0.717, 1.165) is 43.4 Å². The SMILES string of the molecule is COCCC1CC1C1CCN(c2ncc(Cl)cn2)CC1. The highest BCUT2D eigenvalue weighted by Gasteiger charge is 2.43. The predicted octanol–water partition coefficient (Wildman–Crippen LogP) is 3.02. The maximum Gasteiger partial charge on any atom is 0.225 e. The number of anilines is 1. The van der Waals surface area contributed by atoms with E-state index in [1.807, 2.05) is 0 Å². The zero-order chi connectivity index (χ0) is 13.9. The van der Waals surface area contributed by atoms with E-state index in [2.05, 4.69) is 14.9 Å². The van der Waals surface area contributed by atoms with Crippen LogP contribution in [0.1, 0.15) is 25.7 Å². The van der Waals surface area contributed by atoms with Gasteiger partial charge < -0.3 is 9.64 Å². The van der Waals surface area contributed by atoms with Gasteiger partial charge in [0.05, 0.1) is 17.4 Å². The molecule has 2 unspecified atom stereocenters. The van der Waals surface area contributed by atoms with Crippen LogP contribution in [-0.4, -0.2) is 36.8 Å². The van der Waals surface area contributed by atoms with Crippen molar-refractivity contribution in [2.75, 3.05) is 31.7 Å². The van der Waals surface area contributed by atoms with Crippen molar-refractivity contribution >= 4 is 17.5 Å². The van der Waals surface area contributed by atoms with E-state index >= 15 is 0 Å². The Balaban J connectivity index is 1.47. The lowest BCUT2D eigenvalue weighted by Gasteiger charge is -2.32. The van der Waals surface area contributed by atoms with Crippen molar-refractivity contribution in [2.24, 2.45) is 17.8 Å². The van der Waals surface area contributed by atoms with E-state index < -0.39 is 0 Å². The summed E-state index contributed by atoms with van der Waals surface area (Å²) < 4.78 is 5.18. The van der Waals surface area contributed by atoms with Crippen LogP contribution in [0.5, 0.6) is 0 Å². The number of piperidine rings is 1. The first-order valence-corrected chi connectivity index (χ1v) is 7.87. The second-order valence-electron chi connectivity index (χ2n) is 5.97. The molecular weight excluding hydrogens is 274 g/mol. The second-order valence-corrected chi connectivity index (χ2v) is 6.40. The van der Waals surface area contributed by atoms with E-state index in [1.165, 1.54) is 25.7 Å². The van der Waals surface area contributed by atoms with Crippen molar-refractivity contribution in [3.05, 3.63) is 17.4 Å². The first-order chi connectivity index (χ1) is 9.78. The predicted molar refractivity (Wildman–Crippen MR) is 80.1 cm³/mol. The van der Waals surface area contributed by atoms with Gasteiger partial charge in [-0.05, 0) is 43.4 Å². The normalized spacial score (nSPS) is 26.8. The molecule has 2 aliphatic rings. The third-order valence-electron chi connectivity index (χ3n) is 4.70. The van der Waals surface area contributed by atoms with Gasteiger partial charge in [-0.15, -0.1) is 0 Å². The molecule has 0 spiro atoms. The van der Waals surface area contributed by atoms with Crippen molar-refractivity contribution in [2.45, 2.75) is 25.7 Å². The molecule has 2 fully saturated rings. The highest BCUT2D eigenvalue weighted by molar-refractivity contribution is 6.30. The number of hydrogen-bond acceptors (Lipinski definition) is 4. The van der Waals surface area contributed by atoms with Crippen LogP contribution in [0.3, 0.4) is 0 Å². The van der Waals surface area contributed by atoms with Crippen LogP contribution >= 0.6 is 11.6 Å². The Morgan fingerprint density at radius 3 is 2.65 bits per heavy atom. The molecule has 2 heterocycles. The van der Waals surface area contributed by atoms with Gasteiger partial charge in [0.1, 0.15) is 0 Å². The third kappa shape index (κ3) is 3.23.